The van der Waals surface area contributed by atoms with Gasteiger partial charge in [0.15, 0.2) is 11.4 Å². The molecule has 0 radical (unpaired) electrons. The highest BCUT2D eigenvalue weighted by molar-refractivity contribution is 5.71. The van der Waals surface area contributed by atoms with Crippen molar-refractivity contribution in [3.8, 4) is 0 Å². The molecule has 0 saturated carbocycles. The van der Waals surface area contributed by atoms with Crippen molar-refractivity contribution >= 4 is 11.4 Å². The minimum Gasteiger partial charge on any atom is -0.326 e. The van der Waals surface area contributed by atoms with Crippen molar-refractivity contribution in [1.82, 2.24) is 4.59 Å². The van der Waals surface area contributed by atoms with Gasteiger partial charge in [-0.05, 0) is 43.7 Å². The molecule has 0 saturated heterocycles. The number of nitrogens with zero attached hydrogens (tertiary/aromatic N) is 3. The lowest BCUT2D eigenvalue weighted by atomic mass is 9.94. The van der Waals surface area contributed by atoms with Gasteiger partial charge >= 0.3 is 0 Å². The average Bonchev–Trinajstić information content (AvgIpc) is 3.07. The second-order valence-corrected chi connectivity index (χ2v) is 8.73. The third kappa shape index (κ3) is 5.21. The topological polar surface area (TPSA) is 50.7 Å². The Hall–Kier alpha value is -1.26. The second kappa shape index (κ2) is 11.1. The van der Waals surface area contributed by atoms with E-state index in [0.717, 1.165) is 18.8 Å². The minimum absolute atomic E-state index is 0.566. The monoisotopic (exact) mass is 387 g/mol. The van der Waals surface area contributed by atoms with Crippen molar-refractivity contribution in [2.75, 3.05) is 13.1 Å². The Balaban J connectivity index is 2.39. The van der Waals surface area contributed by atoms with Gasteiger partial charge in [-0.1, -0.05) is 64.6 Å². The molecule has 0 amide bonds. The molecule has 2 unspecified atom stereocenters. The van der Waals surface area contributed by atoms with Gasteiger partial charge in [0, 0.05) is 29.7 Å². The van der Waals surface area contributed by atoms with Crippen LogP contribution in [0.15, 0.2) is 22.5 Å². The lowest BCUT2D eigenvalue weighted by Gasteiger charge is -2.34. The van der Waals surface area contributed by atoms with Crippen LogP contribution in [0.4, 0.5) is 11.4 Å². The summed E-state index contributed by atoms with van der Waals surface area (Å²) in [5.41, 5.74) is 10.7. The SMILES string of the molecule is CCCCC(CC)C[N+]1(CC(CC)CCCC)N=Nc2c1ccc(CN)c2C. The summed E-state index contributed by atoms with van der Waals surface area (Å²) in [6.45, 7) is 14.1. The van der Waals surface area contributed by atoms with Crippen molar-refractivity contribution in [2.24, 2.45) is 27.9 Å². The molecule has 0 spiro atoms. The molecule has 1 aliphatic heterocycles. The van der Waals surface area contributed by atoms with Crippen LogP contribution in [0.2, 0.25) is 0 Å². The molecule has 28 heavy (non-hydrogen) atoms. The third-order valence-corrected chi connectivity index (χ3v) is 6.71. The van der Waals surface area contributed by atoms with Crippen LogP contribution in [-0.2, 0) is 6.54 Å². The molecule has 1 aliphatic rings. The Morgan fingerprint density at radius 2 is 1.50 bits per heavy atom. The average molecular weight is 388 g/mol. The zero-order valence-electron chi connectivity index (χ0n) is 19.0. The lowest BCUT2D eigenvalue weighted by Crippen LogP contribution is -2.49. The fourth-order valence-electron chi connectivity index (χ4n) is 4.62. The number of fused-ring (bicyclic) bond motifs is 1. The van der Waals surface area contributed by atoms with E-state index < -0.39 is 0 Å². The van der Waals surface area contributed by atoms with E-state index in [1.807, 2.05) is 0 Å². The van der Waals surface area contributed by atoms with Crippen LogP contribution < -0.4 is 10.3 Å². The number of hydrogen-bond donors (Lipinski definition) is 1. The van der Waals surface area contributed by atoms with E-state index in [1.165, 1.54) is 68.2 Å². The van der Waals surface area contributed by atoms with Gasteiger partial charge < -0.3 is 5.73 Å². The molecule has 4 nitrogen and oxygen atoms in total. The van der Waals surface area contributed by atoms with Crippen molar-refractivity contribution in [3.05, 3.63) is 23.3 Å². The van der Waals surface area contributed by atoms with Crippen LogP contribution in [-0.4, -0.2) is 13.1 Å². The van der Waals surface area contributed by atoms with Crippen LogP contribution in [0.5, 0.6) is 0 Å². The molecule has 1 aromatic rings. The standard InChI is InChI=1S/C24H43N4/c1-6-10-12-20(8-3)17-28(18-21(9-4)13-11-7-2)23-15-14-22(16-25)19(5)24(23)26-27-28/h14-15,20-21H,6-13,16-18,25H2,1-5H3/q+1. The van der Waals surface area contributed by atoms with Crippen LogP contribution in [0, 0.1) is 18.8 Å². The summed E-state index contributed by atoms with van der Waals surface area (Å²) >= 11 is 0. The summed E-state index contributed by atoms with van der Waals surface area (Å²) in [7, 11) is 0. The van der Waals surface area contributed by atoms with Gasteiger partial charge in [0.05, 0.1) is 0 Å². The molecule has 0 fully saturated rings. The molecule has 2 N–H and O–H groups in total. The number of nitrogens with two attached hydrogens (primary N) is 1. The van der Waals surface area contributed by atoms with Crippen molar-refractivity contribution in [1.29, 1.82) is 0 Å². The third-order valence-electron chi connectivity index (χ3n) is 6.71. The Morgan fingerprint density at radius 1 is 0.929 bits per heavy atom. The molecule has 1 heterocycles. The van der Waals surface area contributed by atoms with Gasteiger partial charge in [-0.3, -0.25) is 0 Å². The first-order chi connectivity index (χ1) is 13.5. The maximum atomic E-state index is 5.95. The largest absolute Gasteiger partial charge is 0.326 e. The van der Waals surface area contributed by atoms with Crippen LogP contribution >= 0.6 is 0 Å². The molecule has 0 aliphatic carbocycles. The molecule has 158 valence electrons. The Labute approximate surface area is 173 Å². The maximum absolute atomic E-state index is 5.95. The number of unbranched alkanes of at least 4 members (excludes halogenated alkanes) is 2. The predicted molar refractivity (Wildman–Crippen MR) is 122 cm³/mol. The van der Waals surface area contributed by atoms with Crippen molar-refractivity contribution < 1.29 is 0 Å². The molecule has 0 aromatic heterocycles. The first kappa shape index (κ1) is 23.0. The van der Waals surface area contributed by atoms with Gasteiger partial charge in [0.1, 0.15) is 13.1 Å². The zero-order valence-corrected chi connectivity index (χ0v) is 19.0. The first-order valence-electron chi connectivity index (χ1n) is 11.7. The maximum Gasteiger partial charge on any atom is 0.189 e. The fraction of sp³-hybridized carbons (Fsp3) is 0.750. The van der Waals surface area contributed by atoms with Gasteiger partial charge in [0.25, 0.3) is 0 Å². The molecule has 1 aromatic carbocycles. The van der Waals surface area contributed by atoms with Gasteiger partial charge in [-0.25, -0.2) is 0 Å². The van der Waals surface area contributed by atoms with E-state index >= 15 is 0 Å². The van der Waals surface area contributed by atoms with Gasteiger partial charge in [-0.15, -0.1) is 4.59 Å². The zero-order chi connectivity index (χ0) is 20.6. The molecule has 2 rings (SSSR count). The molecule has 2 atom stereocenters. The fourth-order valence-corrected chi connectivity index (χ4v) is 4.62. The van der Waals surface area contributed by atoms with Gasteiger partial charge in [-0.2, -0.15) is 0 Å². The molecule has 0 bridgehead atoms. The summed E-state index contributed by atoms with van der Waals surface area (Å²) in [5, 5.41) is 9.72. The normalized spacial score (nSPS) is 20.4. The second-order valence-electron chi connectivity index (χ2n) is 8.73. The van der Waals surface area contributed by atoms with E-state index in [-0.39, 0.29) is 0 Å². The number of benzene rings is 1. The summed E-state index contributed by atoms with van der Waals surface area (Å²) in [5.74, 6) is 1.39. The van der Waals surface area contributed by atoms with Crippen molar-refractivity contribution in [3.63, 3.8) is 0 Å². The van der Waals surface area contributed by atoms with E-state index in [0.29, 0.717) is 23.0 Å². The number of quaternary nitrogens is 1. The smallest absolute Gasteiger partial charge is 0.189 e. The summed E-state index contributed by atoms with van der Waals surface area (Å²) in [4.78, 5) is 0. The van der Waals surface area contributed by atoms with E-state index in [2.05, 4.69) is 46.8 Å². The Kier molecular flexibility index (Phi) is 9.10. The summed E-state index contributed by atoms with van der Waals surface area (Å²) in [6, 6.07) is 4.47. The predicted octanol–water partition coefficient (Wildman–Crippen LogP) is 7.21. The highest BCUT2D eigenvalue weighted by atomic mass is 15.7. The molecular weight excluding hydrogens is 344 g/mol. The van der Waals surface area contributed by atoms with Gasteiger partial charge in [0.2, 0.25) is 0 Å². The quantitative estimate of drug-likeness (QED) is 0.357. The van der Waals surface area contributed by atoms with E-state index in [9.17, 15) is 0 Å². The van der Waals surface area contributed by atoms with Crippen LogP contribution in [0.1, 0.15) is 90.2 Å². The van der Waals surface area contributed by atoms with E-state index in [4.69, 9.17) is 16.1 Å². The van der Waals surface area contributed by atoms with E-state index in [1.54, 1.807) is 0 Å². The van der Waals surface area contributed by atoms with Crippen LogP contribution in [0.3, 0.4) is 0 Å². The number of rotatable bonds is 13. The summed E-state index contributed by atoms with van der Waals surface area (Å²) < 4.78 is 0.700. The molecular formula is C24H43N4+. The minimum atomic E-state index is 0.566. The van der Waals surface area contributed by atoms with Crippen LogP contribution in [0.25, 0.3) is 0 Å². The lowest BCUT2D eigenvalue weighted by molar-refractivity contribution is 0.187. The number of hydrogen-bond acceptors (Lipinski definition) is 3. The first-order valence-corrected chi connectivity index (χ1v) is 11.7. The summed E-state index contributed by atoms with van der Waals surface area (Å²) in [6.07, 6.45) is 10.2. The highest BCUT2D eigenvalue weighted by Crippen LogP contribution is 2.46. The van der Waals surface area contributed by atoms with Crippen molar-refractivity contribution in [2.45, 2.75) is 92.5 Å². The Bertz CT molecular complexity index is 620. The Morgan fingerprint density at radius 3 is 1.96 bits per heavy atom. The highest BCUT2D eigenvalue weighted by Gasteiger charge is 2.43. The molecule has 4 heteroatoms.